The Hall–Kier alpha value is -0.920. The van der Waals surface area contributed by atoms with Gasteiger partial charge in [0, 0.05) is 17.4 Å². The summed E-state index contributed by atoms with van der Waals surface area (Å²) in [5, 5.41) is 0. The van der Waals surface area contributed by atoms with Gasteiger partial charge in [-0.1, -0.05) is 13.3 Å². The van der Waals surface area contributed by atoms with Gasteiger partial charge >= 0.3 is 0 Å². The molecule has 14 heavy (non-hydrogen) atoms. The average Bonchev–Trinajstić information content (AvgIpc) is 2.67. The molecule has 2 atom stereocenters. The molecule has 2 unspecified atom stereocenters. The molecule has 0 amide bonds. The monoisotopic (exact) mass is 192 g/mol. The largest absolute Gasteiger partial charge is 0.323 e. The molecule has 2 rings (SSSR count). The number of hydrogen-bond acceptors (Lipinski definition) is 1. The highest BCUT2D eigenvalue weighted by atomic mass is 15.4. The minimum Gasteiger partial charge on any atom is -0.323 e. The molecule has 0 spiro atoms. The number of rotatable bonds is 2. The predicted molar refractivity (Wildman–Crippen MR) is 60.1 cm³/mol. The van der Waals surface area contributed by atoms with Gasteiger partial charge in [0.1, 0.15) is 0 Å². The number of nitrogens with one attached hydrogen (secondary N) is 1. The Labute approximate surface area is 86.3 Å². The maximum absolute atomic E-state index is 3.62. The van der Waals surface area contributed by atoms with E-state index >= 15 is 0 Å². The molecule has 1 saturated carbocycles. The van der Waals surface area contributed by atoms with Crippen LogP contribution in [0.4, 0.5) is 0 Å². The first-order chi connectivity index (χ1) is 6.68. The van der Waals surface area contributed by atoms with Crippen LogP contribution in [0, 0.1) is 19.8 Å². The molecule has 1 aliphatic carbocycles. The summed E-state index contributed by atoms with van der Waals surface area (Å²) in [6, 6.07) is 5.00. The molecule has 1 aliphatic rings. The van der Waals surface area contributed by atoms with E-state index in [1.807, 2.05) is 0 Å². The zero-order valence-electron chi connectivity index (χ0n) is 9.38. The van der Waals surface area contributed by atoms with Crippen molar-refractivity contribution in [3.63, 3.8) is 0 Å². The average molecular weight is 192 g/mol. The lowest BCUT2D eigenvalue weighted by molar-refractivity contribution is 0.511. The third-order valence-electron chi connectivity index (χ3n) is 3.43. The van der Waals surface area contributed by atoms with Crippen LogP contribution in [-0.2, 0) is 0 Å². The first-order valence-corrected chi connectivity index (χ1v) is 5.60. The Kier molecular flexibility index (Phi) is 2.53. The van der Waals surface area contributed by atoms with E-state index in [1.165, 1.54) is 30.7 Å². The molecule has 0 bridgehead atoms. The highest BCUT2D eigenvalue weighted by molar-refractivity contribution is 5.16. The minimum absolute atomic E-state index is 0.666. The molecular formula is C12H20N2. The Morgan fingerprint density at radius 1 is 1.21 bits per heavy atom. The van der Waals surface area contributed by atoms with Crippen molar-refractivity contribution in [2.24, 2.45) is 5.92 Å². The normalized spacial score (nSPS) is 26.8. The maximum Gasteiger partial charge on any atom is 0.0450 e. The van der Waals surface area contributed by atoms with Crippen LogP contribution in [0.5, 0.6) is 0 Å². The zero-order valence-corrected chi connectivity index (χ0v) is 9.38. The second kappa shape index (κ2) is 3.68. The van der Waals surface area contributed by atoms with Crippen LogP contribution >= 0.6 is 0 Å². The minimum atomic E-state index is 0.666. The van der Waals surface area contributed by atoms with E-state index in [2.05, 4.69) is 43.0 Å². The SMILES string of the molecule is Cc1ccc(C)n1NC1CCCC1C. The molecule has 2 nitrogen and oxygen atoms in total. The quantitative estimate of drug-likeness (QED) is 0.762. The van der Waals surface area contributed by atoms with Crippen LogP contribution in [0.3, 0.4) is 0 Å². The Morgan fingerprint density at radius 2 is 1.86 bits per heavy atom. The van der Waals surface area contributed by atoms with Gasteiger partial charge in [0.15, 0.2) is 0 Å². The van der Waals surface area contributed by atoms with Gasteiger partial charge in [-0.3, -0.25) is 4.68 Å². The first-order valence-electron chi connectivity index (χ1n) is 5.60. The summed E-state index contributed by atoms with van der Waals surface area (Å²) in [5.74, 6) is 0.816. The van der Waals surface area contributed by atoms with Gasteiger partial charge < -0.3 is 5.43 Å². The number of aromatic nitrogens is 1. The molecule has 1 aromatic heterocycles. The van der Waals surface area contributed by atoms with Crippen molar-refractivity contribution in [2.75, 3.05) is 5.43 Å². The van der Waals surface area contributed by atoms with Crippen molar-refractivity contribution in [1.29, 1.82) is 0 Å². The van der Waals surface area contributed by atoms with E-state index in [4.69, 9.17) is 0 Å². The summed E-state index contributed by atoms with van der Waals surface area (Å²) >= 11 is 0. The molecule has 1 heterocycles. The summed E-state index contributed by atoms with van der Waals surface area (Å²) in [7, 11) is 0. The lowest BCUT2D eigenvalue weighted by Gasteiger charge is -2.22. The summed E-state index contributed by atoms with van der Waals surface area (Å²) in [6.45, 7) is 6.65. The van der Waals surface area contributed by atoms with Crippen LogP contribution < -0.4 is 5.43 Å². The second-order valence-electron chi connectivity index (χ2n) is 4.60. The van der Waals surface area contributed by atoms with Gasteiger partial charge in [0.25, 0.3) is 0 Å². The summed E-state index contributed by atoms with van der Waals surface area (Å²) < 4.78 is 2.23. The molecule has 0 radical (unpaired) electrons. The standard InChI is InChI=1S/C12H20N2/c1-9-5-4-6-12(9)13-14-10(2)7-8-11(14)3/h7-9,12-13H,4-6H2,1-3H3. The third-order valence-corrected chi connectivity index (χ3v) is 3.43. The van der Waals surface area contributed by atoms with Crippen molar-refractivity contribution in [1.82, 2.24) is 4.68 Å². The van der Waals surface area contributed by atoms with Crippen LogP contribution in [0.1, 0.15) is 37.6 Å². The fourth-order valence-electron chi connectivity index (χ4n) is 2.38. The van der Waals surface area contributed by atoms with E-state index in [0.29, 0.717) is 6.04 Å². The lowest BCUT2D eigenvalue weighted by Crippen LogP contribution is -2.31. The Bertz CT molecular complexity index is 295. The molecule has 2 heteroatoms. The van der Waals surface area contributed by atoms with Crippen LogP contribution in [0.25, 0.3) is 0 Å². The van der Waals surface area contributed by atoms with Crippen LogP contribution in [0.2, 0.25) is 0 Å². The van der Waals surface area contributed by atoms with Crippen molar-refractivity contribution < 1.29 is 0 Å². The molecule has 78 valence electrons. The van der Waals surface area contributed by atoms with Gasteiger partial charge in [-0.25, -0.2) is 0 Å². The molecule has 1 N–H and O–H groups in total. The zero-order chi connectivity index (χ0) is 10.1. The van der Waals surface area contributed by atoms with E-state index in [-0.39, 0.29) is 0 Å². The first kappa shape index (κ1) is 9.63. The fourth-order valence-corrected chi connectivity index (χ4v) is 2.38. The van der Waals surface area contributed by atoms with E-state index < -0.39 is 0 Å². The highest BCUT2D eigenvalue weighted by Crippen LogP contribution is 2.26. The molecule has 0 aromatic carbocycles. The van der Waals surface area contributed by atoms with Gasteiger partial charge in [0.05, 0.1) is 0 Å². The van der Waals surface area contributed by atoms with Gasteiger partial charge in [-0.15, -0.1) is 0 Å². The van der Waals surface area contributed by atoms with E-state index in [1.54, 1.807) is 0 Å². The number of aryl methyl sites for hydroxylation is 2. The summed E-state index contributed by atoms with van der Waals surface area (Å²) in [4.78, 5) is 0. The smallest absolute Gasteiger partial charge is 0.0450 e. The number of nitrogens with zero attached hydrogens (tertiary/aromatic N) is 1. The van der Waals surface area contributed by atoms with Gasteiger partial charge in [-0.2, -0.15) is 0 Å². The van der Waals surface area contributed by atoms with Crippen LogP contribution in [-0.4, -0.2) is 10.7 Å². The van der Waals surface area contributed by atoms with Crippen LogP contribution in [0.15, 0.2) is 12.1 Å². The molecule has 0 aliphatic heterocycles. The van der Waals surface area contributed by atoms with Crippen molar-refractivity contribution in [3.8, 4) is 0 Å². The second-order valence-corrected chi connectivity index (χ2v) is 4.60. The highest BCUT2D eigenvalue weighted by Gasteiger charge is 2.23. The van der Waals surface area contributed by atoms with E-state index in [9.17, 15) is 0 Å². The third kappa shape index (κ3) is 1.66. The maximum atomic E-state index is 3.62. The molecular weight excluding hydrogens is 172 g/mol. The molecule has 1 fully saturated rings. The van der Waals surface area contributed by atoms with E-state index in [0.717, 1.165) is 5.92 Å². The fraction of sp³-hybridized carbons (Fsp3) is 0.667. The molecule has 1 aromatic rings. The Balaban J connectivity index is 2.10. The summed E-state index contributed by atoms with van der Waals surface area (Å²) in [6.07, 6.45) is 4.06. The predicted octanol–water partition coefficient (Wildman–Crippen LogP) is 2.84. The molecule has 0 saturated heterocycles. The van der Waals surface area contributed by atoms with Crippen molar-refractivity contribution in [3.05, 3.63) is 23.5 Å². The number of hydrogen-bond donors (Lipinski definition) is 1. The van der Waals surface area contributed by atoms with Gasteiger partial charge in [-0.05, 0) is 44.7 Å². The summed E-state index contributed by atoms with van der Waals surface area (Å²) in [5.41, 5.74) is 6.24. The lowest BCUT2D eigenvalue weighted by atomic mass is 10.1. The van der Waals surface area contributed by atoms with Crippen molar-refractivity contribution in [2.45, 2.75) is 46.1 Å². The van der Waals surface area contributed by atoms with Gasteiger partial charge in [0.2, 0.25) is 0 Å². The van der Waals surface area contributed by atoms with Crippen molar-refractivity contribution >= 4 is 0 Å². The topological polar surface area (TPSA) is 17.0 Å². The Morgan fingerprint density at radius 3 is 2.36 bits per heavy atom.